The van der Waals surface area contributed by atoms with Crippen molar-refractivity contribution in [1.82, 2.24) is 24.7 Å². The number of ether oxygens (including phenoxy) is 1. The summed E-state index contributed by atoms with van der Waals surface area (Å²) in [6, 6.07) is 1.96. The van der Waals surface area contributed by atoms with Crippen molar-refractivity contribution in [3.05, 3.63) is 52.2 Å². The second-order valence-electron chi connectivity index (χ2n) is 5.88. The predicted molar refractivity (Wildman–Crippen MR) is 90.7 cm³/mol. The summed E-state index contributed by atoms with van der Waals surface area (Å²) in [5.41, 5.74) is 1.97. The first-order chi connectivity index (χ1) is 12.2. The van der Waals surface area contributed by atoms with Gasteiger partial charge in [0.1, 0.15) is 0 Å². The van der Waals surface area contributed by atoms with E-state index in [1.807, 2.05) is 28.0 Å². The van der Waals surface area contributed by atoms with Gasteiger partial charge in [-0.25, -0.2) is 19.3 Å². The smallest absolute Gasteiger partial charge is 0.225 e. The van der Waals surface area contributed by atoms with Crippen LogP contribution < -0.4 is 4.90 Å². The van der Waals surface area contributed by atoms with E-state index >= 15 is 0 Å². The van der Waals surface area contributed by atoms with E-state index in [2.05, 4.69) is 20.1 Å². The summed E-state index contributed by atoms with van der Waals surface area (Å²) in [5.74, 6) is 0.0319. The molecule has 130 valence electrons. The Morgan fingerprint density at radius 2 is 2.16 bits per heavy atom. The van der Waals surface area contributed by atoms with E-state index in [1.54, 1.807) is 17.5 Å². The van der Waals surface area contributed by atoms with E-state index < -0.39 is 5.82 Å². The van der Waals surface area contributed by atoms with Crippen LogP contribution in [0.5, 0.6) is 0 Å². The Morgan fingerprint density at radius 1 is 1.32 bits per heavy atom. The number of rotatable bonds is 4. The van der Waals surface area contributed by atoms with E-state index in [0.717, 1.165) is 16.4 Å². The molecule has 3 aromatic rings. The third-order valence-corrected chi connectivity index (χ3v) is 4.80. The molecule has 0 aliphatic carbocycles. The van der Waals surface area contributed by atoms with Crippen molar-refractivity contribution in [1.29, 1.82) is 0 Å². The number of nitrogens with zero attached hydrogens (tertiary/aromatic N) is 6. The maximum absolute atomic E-state index is 13.1. The van der Waals surface area contributed by atoms with Gasteiger partial charge in [-0.15, -0.1) is 11.3 Å². The molecule has 0 aromatic carbocycles. The highest BCUT2D eigenvalue weighted by Gasteiger charge is 2.24. The number of halogens is 1. The Bertz CT molecular complexity index is 848. The van der Waals surface area contributed by atoms with Crippen molar-refractivity contribution in [3.63, 3.8) is 0 Å². The summed E-state index contributed by atoms with van der Waals surface area (Å²) in [4.78, 5) is 14.6. The maximum Gasteiger partial charge on any atom is 0.225 e. The van der Waals surface area contributed by atoms with Crippen LogP contribution in [0.25, 0.3) is 0 Å². The van der Waals surface area contributed by atoms with Gasteiger partial charge in [-0.05, 0) is 13.0 Å². The molecule has 0 N–H and O–H groups in total. The molecule has 4 heterocycles. The maximum atomic E-state index is 13.1. The molecule has 1 aliphatic rings. The number of aromatic nitrogens is 5. The minimum Gasteiger partial charge on any atom is -0.368 e. The molecule has 1 unspecified atom stereocenters. The van der Waals surface area contributed by atoms with E-state index in [-0.39, 0.29) is 6.10 Å². The number of hydrogen-bond acceptors (Lipinski definition) is 7. The van der Waals surface area contributed by atoms with Gasteiger partial charge in [0, 0.05) is 18.1 Å². The van der Waals surface area contributed by atoms with Gasteiger partial charge in [0.05, 0.1) is 54.6 Å². The molecule has 0 radical (unpaired) electrons. The van der Waals surface area contributed by atoms with Crippen LogP contribution in [0, 0.1) is 12.7 Å². The Hall–Kier alpha value is -2.39. The molecule has 0 spiro atoms. The highest BCUT2D eigenvalue weighted by Crippen LogP contribution is 2.19. The summed E-state index contributed by atoms with van der Waals surface area (Å²) < 4.78 is 21.1. The Labute approximate surface area is 148 Å². The highest BCUT2D eigenvalue weighted by molar-refractivity contribution is 7.09. The fourth-order valence-corrected chi connectivity index (χ4v) is 3.42. The van der Waals surface area contributed by atoms with Crippen molar-refractivity contribution in [3.8, 4) is 0 Å². The molecule has 0 bridgehead atoms. The zero-order valence-corrected chi connectivity index (χ0v) is 14.5. The average Bonchev–Trinajstić information content (AvgIpc) is 3.18. The van der Waals surface area contributed by atoms with Gasteiger partial charge in [0.15, 0.2) is 5.82 Å². The van der Waals surface area contributed by atoms with Gasteiger partial charge in [0.25, 0.3) is 0 Å². The van der Waals surface area contributed by atoms with Gasteiger partial charge in [-0.2, -0.15) is 5.10 Å². The minimum atomic E-state index is -0.449. The molecule has 7 nitrogen and oxygen atoms in total. The van der Waals surface area contributed by atoms with Crippen LogP contribution in [0.2, 0.25) is 0 Å². The predicted octanol–water partition coefficient (Wildman–Crippen LogP) is 2.18. The minimum absolute atomic E-state index is 0.100. The summed E-state index contributed by atoms with van der Waals surface area (Å²) >= 11 is 1.61. The van der Waals surface area contributed by atoms with Crippen molar-refractivity contribution in [2.45, 2.75) is 32.7 Å². The quantitative estimate of drug-likeness (QED) is 0.710. The molecule has 0 saturated heterocycles. The van der Waals surface area contributed by atoms with Crippen LogP contribution in [0.15, 0.2) is 30.0 Å². The molecular formula is C16H17FN6OS. The zero-order chi connectivity index (χ0) is 17.2. The second-order valence-corrected chi connectivity index (χ2v) is 6.94. The molecule has 3 aromatic heterocycles. The summed E-state index contributed by atoms with van der Waals surface area (Å²) in [7, 11) is 0. The molecule has 1 aliphatic heterocycles. The fraction of sp³-hybridized carbons (Fsp3) is 0.375. The number of fused-ring (bicyclic) bond motifs is 1. The third kappa shape index (κ3) is 3.67. The van der Waals surface area contributed by atoms with Crippen LogP contribution in [-0.4, -0.2) is 37.4 Å². The highest BCUT2D eigenvalue weighted by atomic mass is 32.1. The van der Waals surface area contributed by atoms with Crippen molar-refractivity contribution < 1.29 is 9.13 Å². The second kappa shape index (κ2) is 6.85. The van der Waals surface area contributed by atoms with Crippen molar-refractivity contribution >= 4 is 17.3 Å². The molecule has 9 heteroatoms. The fourth-order valence-electron chi connectivity index (χ4n) is 2.82. The lowest BCUT2D eigenvalue weighted by atomic mass is 10.3. The first-order valence-electron chi connectivity index (χ1n) is 7.93. The third-order valence-electron chi connectivity index (χ3n) is 3.98. The van der Waals surface area contributed by atoms with E-state index in [0.29, 0.717) is 32.2 Å². The Balaban J connectivity index is 1.53. The Kier molecular flexibility index (Phi) is 4.41. The molecule has 25 heavy (non-hydrogen) atoms. The van der Waals surface area contributed by atoms with Crippen molar-refractivity contribution in [2.75, 3.05) is 11.4 Å². The number of aryl methyl sites for hydroxylation is 1. The standard InChI is InChI=1S/C16H17FN6OS/c1-11-21-13(10-25-11)9-24-15-7-22(16-18-4-12(17)5-19-16)6-14-2-3-20-23(14)8-15/h2-5,10,15H,6-9H2,1H3. The molecule has 0 saturated carbocycles. The van der Waals surface area contributed by atoms with E-state index in [1.165, 1.54) is 12.4 Å². The normalized spacial score (nSPS) is 17.4. The van der Waals surface area contributed by atoms with Gasteiger partial charge in [-0.3, -0.25) is 4.68 Å². The lowest BCUT2D eigenvalue weighted by molar-refractivity contribution is 0.0323. The van der Waals surface area contributed by atoms with Crippen molar-refractivity contribution in [2.24, 2.45) is 0 Å². The molecule has 0 fully saturated rings. The summed E-state index contributed by atoms with van der Waals surface area (Å²) in [5, 5.41) is 7.39. The first-order valence-corrected chi connectivity index (χ1v) is 8.81. The average molecular weight is 360 g/mol. The van der Waals surface area contributed by atoms with Gasteiger partial charge < -0.3 is 9.64 Å². The van der Waals surface area contributed by atoms with Crippen LogP contribution in [0.4, 0.5) is 10.3 Å². The summed E-state index contributed by atoms with van der Waals surface area (Å²) in [6.07, 6.45) is 4.03. The lowest BCUT2D eigenvalue weighted by Crippen LogP contribution is -2.34. The molecular weight excluding hydrogens is 343 g/mol. The number of hydrogen-bond donors (Lipinski definition) is 0. The SMILES string of the molecule is Cc1nc(COC2CN(c3ncc(F)cn3)Cc3ccnn3C2)cs1. The number of anilines is 1. The Morgan fingerprint density at radius 3 is 2.92 bits per heavy atom. The monoisotopic (exact) mass is 360 g/mol. The number of thiazole rings is 1. The van der Waals surface area contributed by atoms with Crippen LogP contribution in [0.3, 0.4) is 0 Å². The zero-order valence-electron chi connectivity index (χ0n) is 13.7. The molecule has 1 atom stereocenters. The van der Waals surface area contributed by atoms with Gasteiger partial charge in [-0.1, -0.05) is 0 Å². The molecule has 0 amide bonds. The first kappa shape index (κ1) is 16.1. The largest absolute Gasteiger partial charge is 0.368 e. The van der Waals surface area contributed by atoms with E-state index in [4.69, 9.17) is 4.74 Å². The van der Waals surface area contributed by atoms with E-state index in [9.17, 15) is 4.39 Å². The van der Waals surface area contributed by atoms with Crippen LogP contribution >= 0.6 is 11.3 Å². The van der Waals surface area contributed by atoms with Crippen LogP contribution in [-0.2, 0) is 24.4 Å². The van der Waals surface area contributed by atoms with Gasteiger partial charge >= 0.3 is 0 Å². The lowest BCUT2D eigenvalue weighted by Gasteiger charge is -2.23. The molecule has 4 rings (SSSR count). The van der Waals surface area contributed by atoms with Crippen LogP contribution in [0.1, 0.15) is 16.4 Å². The summed E-state index contributed by atoms with van der Waals surface area (Å²) in [6.45, 7) is 4.26. The topological polar surface area (TPSA) is 69.0 Å². The van der Waals surface area contributed by atoms with Gasteiger partial charge in [0.2, 0.25) is 5.95 Å².